The van der Waals surface area contributed by atoms with Gasteiger partial charge in [-0.2, -0.15) is 0 Å². The van der Waals surface area contributed by atoms with Crippen molar-refractivity contribution in [2.75, 3.05) is 0 Å². The molecule has 0 aliphatic carbocycles. The van der Waals surface area contributed by atoms with E-state index in [2.05, 4.69) is 17.6 Å². The van der Waals surface area contributed by atoms with Crippen LogP contribution < -0.4 is 9.47 Å². The molecule has 1 aliphatic heterocycles. The van der Waals surface area contributed by atoms with Crippen LogP contribution in [0.1, 0.15) is 38.8 Å². The molecule has 0 N–H and O–H groups in total. The molecule has 0 radical (unpaired) electrons. The van der Waals surface area contributed by atoms with Crippen LogP contribution in [-0.4, -0.2) is 16.3 Å². The molecule has 0 amide bonds. The molecule has 5 heteroatoms. The summed E-state index contributed by atoms with van der Waals surface area (Å²) in [5.74, 6) is 0.309. The number of aromatic nitrogens is 1. The molecule has 3 aromatic carbocycles. The van der Waals surface area contributed by atoms with Crippen LogP contribution in [0.5, 0.6) is 11.5 Å². The number of nitrogens with zero attached hydrogens (tertiary/aromatic N) is 1. The molecular weight excluding hydrogens is 402 g/mol. The van der Waals surface area contributed by atoms with E-state index >= 15 is 0 Å². The Balaban J connectivity index is 1.42. The number of ether oxygens (including phenoxy) is 2. The van der Waals surface area contributed by atoms with Crippen molar-refractivity contribution in [3.63, 3.8) is 0 Å². The van der Waals surface area contributed by atoms with Crippen LogP contribution >= 0.6 is 0 Å². The van der Waals surface area contributed by atoms with Crippen molar-refractivity contribution in [1.29, 1.82) is 0 Å². The summed E-state index contributed by atoms with van der Waals surface area (Å²) >= 11 is 0. The van der Waals surface area contributed by atoms with Crippen molar-refractivity contribution in [2.45, 2.75) is 20.4 Å². The smallest absolute Gasteiger partial charge is 0.343 e. The van der Waals surface area contributed by atoms with E-state index in [-0.39, 0.29) is 11.5 Å². The van der Waals surface area contributed by atoms with Gasteiger partial charge in [0.2, 0.25) is 5.78 Å². The lowest BCUT2D eigenvalue weighted by molar-refractivity contribution is 0.0734. The summed E-state index contributed by atoms with van der Waals surface area (Å²) in [5, 5.41) is 1.06. The second-order valence-electron chi connectivity index (χ2n) is 7.74. The molecule has 0 bridgehead atoms. The van der Waals surface area contributed by atoms with Gasteiger partial charge in [0.1, 0.15) is 11.5 Å². The summed E-state index contributed by atoms with van der Waals surface area (Å²) in [6, 6.07) is 20.0. The molecule has 0 fully saturated rings. The third-order valence-electron chi connectivity index (χ3n) is 5.59. The van der Waals surface area contributed by atoms with Crippen molar-refractivity contribution in [2.24, 2.45) is 0 Å². The molecule has 0 saturated carbocycles. The Bertz CT molecular complexity index is 1390. The van der Waals surface area contributed by atoms with E-state index in [1.54, 1.807) is 36.4 Å². The average molecular weight is 423 g/mol. The van der Waals surface area contributed by atoms with Gasteiger partial charge in [-0.05, 0) is 50.3 Å². The molecule has 1 aliphatic rings. The van der Waals surface area contributed by atoms with E-state index in [0.717, 1.165) is 28.6 Å². The first-order valence-corrected chi connectivity index (χ1v) is 10.5. The van der Waals surface area contributed by atoms with E-state index < -0.39 is 5.97 Å². The monoisotopic (exact) mass is 423 g/mol. The molecular formula is C27H21NO4. The number of ketones is 1. The Morgan fingerprint density at radius 1 is 1.06 bits per heavy atom. The number of aryl methyl sites for hydroxylation is 2. The molecule has 4 aromatic rings. The van der Waals surface area contributed by atoms with Crippen LogP contribution in [-0.2, 0) is 6.54 Å². The first kappa shape index (κ1) is 19.8. The van der Waals surface area contributed by atoms with Gasteiger partial charge in [-0.1, -0.05) is 35.9 Å². The predicted molar refractivity (Wildman–Crippen MR) is 123 cm³/mol. The lowest BCUT2D eigenvalue weighted by atomic mass is 10.1. The number of fused-ring (bicyclic) bond motifs is 2. The Morgan fingerprint density at radius 2 is 1.84 bits per heavy atom. The van der Waals surface area contributed by atoms with E-state index in [0.29, 0.717) is 22.6 Å². The standard InChI is InChI=1S/C27H21NO4/c1-3-28-16-19(21-6-4-5-7-23(21)28)14-25-26(29)22-13-12-20(15-24(22)32-25)31-27(30)18-10-8-17(2)9-11-18/h4-16H,3H2,1-2H3/b25-14+. The summed E-state index contributed by atoms with van der Waals surface area (Å²) in [6.45, 7) is 4.86. The molecule has 5 rings (SSSR count). The molecule has 158 valence electrons. The number of esters is 1. The number of allylic oxidation sites excluding steroid dienone is 1. The van der Waals surface area contributed by atoms with Crippen molar-refractivity contribution < 1.29 is 19.1 Å². The SMILES string of the molecule is CCn1cc(/C=C2/Oc3cc(OC(=O)c4ccc(C)cc4)ccc3C2=O)c2ccccc21. The van der Waals surface area contributed by atoms with Crippen LogP contribution in [0.4, 0.5) is 0 Å². The number of carbonyl (C=O) groups is 2. The first-order chi connectivity index (χ1) is 15.5. The number of para-hydroxylation sites is 1. The highest BCUT2D eigenvalue weighted by Crippen LogP contribution is 2.36. The first-order valence-electron chi connectivity index (χ1n) is 10.5. The zero-order valence-corrected chi connectivity index (χ0v) is 17.8. The third-order valence-corrected chi connectivity index (χ3v) is 5.59. The highest BCUT2D eigenvalue weighted by atomic mass is 16.5. The third kappa shape index (κ3) is 3.48. The highest BCUT2D eigenvalue weighted by molar-refractivity contribution is 6.15. The van der Waals surface area contributed by atoms with E-state index in [1.807, 2.05) is 43.5 Å². The molecule has 0 spiro atoms. The molecule has 2 heterocycles. The highest BCUT2D eigenvalue weighted by Gasteiger charge is 2.28. The van der Waals surface area contributed by atoms with E-state index in [1.165, 1.54) is 0 Å². The van der Waals surface area contributed by atoms with Crippen LogP contribution in [0.15, 0.2) is 78.7 Å². The summed E-state index contributed by atoms with van der Waals surface area (Å²) < 4.78 is 13.5. The fourth-order valence-electron chi connectivity index (χ4n) is 3.88. The number of Topliss-reactive ketones (excluding diaryl/α,β-unsaturated/α-hetero) is 1. The van der Waals surface area contributed by atoms with Gasteiger partial charge in [-0.3, -0.25) is 4.79 Å². The fraction of sp³-hybridized carbons (Fsp3) is 0.111. The summed E-state index contributed by atoms with van der Waals surface area (Å²) in [4.78, 5) is 25.3. The molecule has 5 nitrogen and oxygen atoms in total. The molecule has 32 heavy (non-hydrogen) atoms. The van der Waals surface area contributed by atoms with Gasteiger partial charge >= 0.3 is 5.97 Å². The second-order valence-corrected chi connectivity index (χ2v) is 7.74. The van der Waals surface area contributed by atoms with Crippen molar-refractivity contribution in [3.05, 3.63) is 101 Å². The van der Waals surface area contributed by atoms with Crippen molar-refractivity contribution in [1.82, 2.24) is 4.57 Å². The Labute approximate surface area is 185 Å². The summed E-state index contributed by atoms with van der Waals surface area (Å²) in [5.41, 5.74) is 4.00. The second kappa shape index (κ2) is 7.85. The minimum atomic E-state index is -0.461. The van der Waals surface area contributed by atoms with Crippen LogP contribution in [0.2, 0.25) is 0 Å². The molecule has 0 saturated heterocycles. The fourth-order valence-corrected chi connectivity index (χ4v) is 3.88. The quantitative estimate of drug-likeness (QED) is 0.236. The van der Waals surface area contributed by atoms with Gasteiger partial charge in [0.25, 0.3) is 0 Å². The maximum atomic E-state index is 12.9. The van der Waals surface area contributed by atoms with Crippen LogP contribution in [0.3, 0.4) is 0 Å². The van der Waals surface area contributed by atoms with Gasteiger partial charge in [-0.25, -0.2) is 4.79 Å². The Morgan fingerprint density at radius 3 is 2.62 bits per heavy atom. The van der Waals surface area contributed by atoms with E-state index in [4.69, 9.17) is 9.47 Å². The largest absolute Gasteiger partial charge is 0.452 e. The summed E-state index contributed by atoms with van der Waals surface area (Å²) in [7, 11) is 0. The topological polar surface area (TPSA) is 57.5 Å². The number of rotatable bonds is 4. The van der Waals surface area contributed by atoms with Gasteiger partial charge in [0.05, 0.1) is 11.1 Å². The maximum absolute atomic E-state index is 12.9. The number of hydrogen-bond donors (Lipinski definition) is 0. The number of hydrogen-bond acceptors (Lipinski definition) is 4. The Kier molecular flexibility index (Phi) is 4.86. The molecule has 0 atom stereocenters. The van der Waals surface area contributed by atoms with E-state index in [9.17, 15) is 9.59 Å². The van der Waals surface area contributed by atoms with Crippen molar-refractivity contribution in [3.8, 4) is 11.5 Å². The lowest BCUT2D eigenvalue weighted by Gasteiger charge is -2.06. The maximum Gasteiger partial charge on any atom is 0.343 e. The molecule has 1 aromatic heterocycles. The zero-order valence-electron chi connectivity index (χ0n) is 17.8. The van der Waals surface area contributed by atoms with Gasteiger partial charge in [-0.15, -0.1) is 0 Å². The normalized spacial score (nSPS) is 13.9. The average Bonchev–Trinajstić information content (AvgIpc) is 3.31. The van der Waals surface area contributed by atoms with Gasteiger partial charge < -0.3 is 14.0 Å². The van der Waals surface area contributed by atoms with Crippen LogP contribution in [0.25, 0.3) is 17.0 Å². The van der Waals surface area contributed by atoms with Gasteiger partial charge in [0.15, 0.2) is 5.76 Å². The summed E-state index contributed by atoms with van der Waals surface area (Å²) in [6.07, 6.45) is 3.79. The van der Waals surface area contributed by atoms with Gasteiger partial charge in [0, 0.05) is 35.3 Å². The Hall–Kier alpha value is -4.12. The molecule has 0 unspecified atom stereocenters. The lowest BCUT2D eigenvalue weighted by Crippen LogP contribution is -2.08. The minimum Gasteiger partial charge on any atom is -0.452 e. The van der Waals surface area contributed by atoms with Crippen molar-refractivity contribution >= 4 is 28.7 Å². The minimum absolute atomic E-state index is 0.190. The number of carbonyl (C=O) groups excluding carboxylic acids is 2. The zero-order chi connectivity index (χ0) is 22.2. The number of benzene rings is 3. The van der Waals surface area contributed by atoms with Crippen LogP contribution in [0, 0.1) is 6.92 Å². The predicted octanol–water partition coefficient (Wildman–Crippen LogP) is 5.81.